The van der Waals surface area contributed by atoms with Gasteiger partial charge < -0.3 is 24.1 Å². The fourth-order valence-electron chi connectivity index (χ4n) is 4.95. The fraction of sp³-hybridized carbons (Fsp3) is 0.300. The Morgan fingerprint density at radius 2 is 1.61 bits per heavy atom. The summed E-state index contributed by atoms with van der Waals surface area (Å²) in [5.74, 6) is 0.265. The maximum Gasteiger partial charge on any atom is 0.341 e. The van der Waals surface area contributed by atoms with Gasteiger partial charge in [0.1, 0.15) is 17.2 Å². The van der Waals surface area contributed by atoms with Gasteiger partial charge in [0.15, 0.2) is 6.61 Å². The van der Waals surface area contributed by atoms with E-state index in [0.29, 0.717) is 22.8 Å². The zero-order valence-corrected chi connectivity index (χ0v) is 23.0. The van der Waals surface area contributed by atoms with Crippen molar-refractivity contribution in [2.75, 3.05) is 20.8 Å². The number of carboxylic acid groups (broad SMARTS) is 1. The Morgan fingerprint density at radius 1 is 0.974 bits per heavy atom. The van der Waals surface area contributed by atoms with Crippen LogP contribution in [0.5, 0.6) is 17.2 Å². The molecule has 1 saturated heterocycles. The van der Waals surface area contributed by atoms with Crippen molar-refractivity contribution in [3.8, 4) is 17.2 Å². The number of benzene rings is 3. The first-order valence-electron chi connectivity index (χ1n) is 12.1. The van der Waals surface area contributed by atoms with Crippen LogP contribution in [-0.4, -0.2) is 31.9 Å². The highest BCUT2D eigenvalue weighted by atomic mass is 35.5. The van der Waals surface area contributed by atoms with E-state index >= 15 is 0 Å². The predicted molar refractivity (Wildman–Crippen MR) is 148 cm³/mol. The van der Waals surface area contributed by atoms with E-state index in [2.05, 4.69) is 6.58 Å². The van der Waals surface area contributed by atoms with Gasteiger partial charge in [0.2, 0.25) is 0 Å². The number of hydrogen-bond acceptors (Lipinski definition) is 5. The summed E-state index contributed by atoms with van der Waals surface area (Å²) in [6.07, 6.45) is -0.162. The number of rotatable bonds is 9. The summed E-state index contributed by atoms with van der Waals surface area (Å²) in [6.45, 7) is 5.69. The van der Waals surface area contributed by atoms with E-state index in [-0.39, 0.29) is 28.7 Å². The second kappa shape index (κ2) is 12.1. The number of carbonyl (C=O) groups is 1. The summed E-state index contributed by atoms with van der Waals surface area (Å²) < 4.78 is 23.4. The van der Waals surface area contributed by atoms with Crippen molar-refractivity contribution in [2.45, 2.75) is 31.5 Å². The summed E-state index contributed by atoms with van der Waals surface area (Å²) in [5.41, 5.74) is 3.59. The minimum atomic E-state index is -1.11. The zero-order chi connectivity index (χ0) is 27.4. The summed E-state index contributed by atoms with van der Waals surface area (Å²) in [6, 6.07) is 19.0. The lowest BCUT2D eigenvalue weighted by Crippen LogP contribution is -2.32. The van der Waals surface area contributed by atoms with E-state index in [0.717, 1.165) is 22.4 Å². The SMILES string of the molecule is C=C(C)[C@H]1C[C@H](c2ccc(Cl)cc2)[C@H](c2ccc(OC)cc2)O[C@@H]1c1cc(OC)cc(Cl)c1OCC(=O)O. The Hall–Kier alpha value is -3.19. The Labute approximate surface area is 232 Å². The van der Waals surface area contributed by atoms with Gasteiger partial charge in [0.05, 0.1) is 31.5 Å². The average Bonchev–Trinajstić information content (AvgIpc) is 2.91. The van der Waals surface area contributed by atoms with Gasteiger partial charge in [-0.1, -0.05) is 59.6 Å². The third-order valence-corrected chi connectivity index (χ3v) is 7.37. The van der Waals surface area contributed by atoms with Crippen LogP contribution in [0.2, 0.25) is 10.0 Å². The van der Waals surface area contributed by atoms with Gasteiger partial charge in [0.25, 0.3) is 0 Å². The standard InChI is InChI=1S/C30H30Cl2O6/c1-17(2)23-15-24(18-5-9-20(31)10-6-18)28(19-7-11-21(35-3)12-8-19)38-29(23)25-13-22(36-4)14-26(32)30(25)37-16-27(33)34/h5-14,23-24,28-29H,1,15-16H2,2-4H3,(H,33,34)/t23-,24-,28+,29+/m1/s1. The Kier molecular flexibility index (Phi) is 8.87. The number of hydrogen-bond donors (Lipinski definition) is 1. The van der Waals surface area contributed by atoms with Gasteiger partial charge in [-0.2, -0.15) is 0 Å². The van der Waals surface area contributed by atoms with Crippen LogP contribution in [0.15, 0.2) is 72.8 Å². The minimum Gasteiger partial charge on any atom is -0.497 e. The fourth-order valence-corrected chi connectivity index (χ4v) is 5.34. The molecule has 8 heteroatoms. The molecule has 38 heavy (non-hydrogen) atoms. The number of aliphatic carboxylic acids is 1. The van der Waals surface area contributed by atoms with Crippen molar-refractivity contribution in [3.05, 3.63) is 99.6 Å². The maximum atomic E-state index is 11.3. The van der Waals surface area contributed by atoms with E-state index in [1.807, 2.05) is 55.5 Å². The van der Waals surface area contributed by atoms with Gasteiger partial charge >= 0.3 is 5.97 Å². The molecule has 0 unspecified atom stereocenters. The van der Waals surface area contributed by atoms with Gasteiger partial charge in [-0.15, -0.1) is 0 Å². The van der Waals surface area contributed by atoms with Crippen LogP contribution in [0, 0.1) is 5.92 Å². The lowest BCUT2D eigenvalue weighted by Gasteiger charge is -2.43. The Morgan fingerprint density at radius 3 is 2.18 bits per heavy atom. The summed E-state index contributed by atoms with van der Waals surface area (Å²) in [4.78, 5) is 11.3. The van der Waals surface area contributed by atoms with Crippen molar-refractivity contribution in [1.29, 1.82) is 0 Å². The zero-order valence-electron chi connectivity index (χ0n) is 21.4. The molecule has 0 saturated carbocycles. The van der Waals surface area contributed by atoms with E-state index in [9.17, 15) is 9.90 Å². The molecule has 3 aromatic rings. The number of halogens is 2. The molecule has 1 heterocycles. The second-order valence-electron chi connectivity index (χ2n) is 9.31. The lowest BCUT2D eigenvalue weighted by molar-refractivity contribution is -0.139. The molecule has 1 fully saturated rings. The molecule has 0 aromatic heterocycles. The van der Waals surface area contributed by atoms with E-state index in [1.165, 1.54) is 0 Å². The smallest absolute Gasteiger partial charge is 0.341 e. The topological polar surface area (TPSA) is 74.2 Å². The largest absolute Gasteiger partial charge is 0.497 e. The van der Waals surface area contributed by atoms with Crippen molar-refractivity contribution in [3.63, 3.8) is 0 Å². The van der Waals surface area contributed by atoms with Crippen LogP contribution in [0.3, 0.4) is 0 Å². The monoisotopic (exact) mass is 556 g/mol. The quantitative estimate of drug-likeness (QED) is 0.273. The molecular formula is C30H30Cl2O6. The third-order valence-electron chi connectivity index (χ3n) is 6.84. The summed E-state index contributed by atoms with van der Waals surface area (Å²) >= 11 is 12.8. The van der Waals surface area contributed by atoms with E-state index in [1.54, 1.807) is 26.4 Å². The van der Waals surface area contributed by atoms with Crippen LogP contribution in [0.1, 0.15) is 48.2 Å². The molecule has 0 spiro atoms. The van der Waals surface area contributed by atoms with Gasteiger partial charge in [-0.3, -0.25) is 0 Å². The molecule has 0 aliphatic carbocycles. The van der Waals surface area contributed by atoms with Crippen molar-refractivity contribution >= 4 is 29.2 Å². The minimum absolute atomic E-state index is 0.0110. The molecule has 0 amide bonds. The molecule has 6 nitrogen and oxygen atoms in total. The molecule has 1 aliphatic rings. The van der Waals surface area contributed by atoms with Crippen molar-refractivity contribution in [2.24, 2.45) is 5.92 Å². The first kappa shape index (κ1) is 27.8. The first-order valence-corrected chi connectivity index (χ1v) is 12.9. The summed E-state index contributed by atoms with van der Waals surface area (Å²) in [7, 11) is 3.17. The van der Waals surface area contributed by atoms with Crippen LogP contribution in [0.4, 0.5) is 0 Å². The van der Waals surface area contributed by atoms with Crippen LogP contribution >= 0.6 is 23.2 Å². The third kappa shape index (κ3) is 6.09. The second-order valence-corrected chi connectivity index (χ2v) is 10.2. The average molecular weight is 557 g/mol. The Balaban J connectivity index is 1.84. The normalized spacial score (nSPS) is 21.0. The maximum absolute atomic E-state index is 11.3. The Bertz CT molecular complexity index is 1290. The molecule has 0 bridgehead atoms. The van der Waals surface area contributed by atoms with Gasteiger partial charge in [-0.25, -0.2) is 4.79 Å². The highest BCUT2D eigenvalue weighted by Crippen LogP contribution is 2.54. The van der Waals surface area contributed by atoms with Crippen LogP contribution in [0.25, 0.3) is 0 Å². The molecular weight excluding hydrogens is 527 g/mol. The molecule has 4 rings (SSSR count). The molecule has 3 aromatic carbocycles. The lowest BCUT2D eigenvalue weighted by atomic mass is 9.74. The highest BCUT2D eigenvalue weighted by Gasteiger charge is 2.42. The molecule has 0 radical (unpaired) electrons. The molecule has 1 aliphatic heterocycles. The molecule has 1 N–H and O–H groups in total. The molecule has 200 valence electrons. The number of methoxy groups -OCH3 is 2. The van der Waals surface area contributed by atoms with E-state index < -0.39 is 18.7 Å². The number of ether oxygens (including phenoxy) is 4. The van der Waals surface area contributed by atoms with Crippen LogP contribution in [-0.2, 0) is 9.53 Å². The number of carboxylic acids is 1. The van der Waals surface area contributed by atoms with Crippen LogP contribution < -0.4 is 14.2 Å². The van der Waals surface area contributed by atoms with E-state index in [4.69, 9.17) is 42.1 Å². The van der Waals surface area contributed by atoms with Gasteiger partial charge in [0, 0.05) is 28.5 Å². The predicted octanol–water partition coefficient (Wildman–Crippen LogP) is 7.65. The molecule has 4 atom stereocenters. The van der Waals surface area contributed by atoms with Crippen molar-refractivity contribution < 1.29 is 28.8 Å². The summed E-state index contributed by atoms with van der Waals surface area (Å²) in [5, 5.41) is 10.2. The first-order chi connectivity index (χ1) is 18.2. The van der Waals surface area contributed by atoms with Crippen molar-refractivity contribution in [1.82, 2.24) is 0 Å². The highest BCUT2D eigenvalue weighted by molar-refractivity contribution is 6.32. The van der Waals surface area contributed by atoms with Gasteiger partial charge in [-0.05, 0) is 54.8 Å².